The zero-order valence-electron chi connectivity index (χ0n) is 12.9. The number of anilines is 2. The third-order valence-electron chi connectivity index (χ3n) is 3.51. The Bertz CT molecular complexity index is 820. The zero-order chi connectivity index (χ0) is 16.8. The minimum absolute atomic E-state index is 0.269. The molecule has 0 unspecified atom stereocenters. The van der Waals surface area contributed by atoms with Crippen molar-refractivity contribution in [2.45, 2.75) is 6.54 Å². The van der Waals surface area contributed by atoms with E-state index in [4.69, 9.17) is 0 Å². The zero-order valence-corrected chi connectivity index (χ0v) is 12.9. The second-order valence-corrected chi connectivity index (χ2v) is 5.26. The van der Waals surface area contributed by atoms with Crippen LogP contribution >= 0.6 is 0 Å². The Morgan fingerprint density at radius 1 is 0.958 bits per heavy atom. The molecule has 0 aliphatic heterocycles. The first-order chi connectivity index (χ1) is 11.7. The van der Waals surface area contributed by atoms with Gasteiger partial charge >= 0.3 is 0 Å². The summed E-state index contributed by atoms with van der Waals surface area (Å²) >= 11 is 0. The number of hydrogen-bond acceptors (Lipinski definition) is 2. The average molecular weight is 322 g/mol. The molecular weight excluding hydrogens is 305 g/mol. The van der Waals surface area contributed by atoms with Crippen LogP contribution in [0.5, 0.6) is 0 Å². The number of aromatic amines is 1. The van der Waals surface area contributed by atoms with E-state index in [0.717, 1.165) is 5.56 Å². The standard InChI is InChI=1S/C19H16FN3O/c20-15-8-10-16(11-9-15)23-19(24)17-7-4-12-21-18(17)22-13-14-5-2-1-3-6-14/h1-12H,13H2,(H,21,22)(H,23,24)/p+1. The lowest BCUT2D eigenvalue weighted by Crippen LogP contribution is -2.21. The minimum Gasteiger partial charge on any atom is -0.322 e. The van der Waals surface area contributed by atoms with Gasteiger partial charge in [-0.05, 0) is 42.0 Å². The van der Waals surface area contributed by atoms with Crippen LogP contribution in [0, 0.1) is 5.82 Å². The molecule has 24 heavy (non-hydrogen) atoms. The fourth-order valence-corrected chi connectivity index (χ4v) is 2.29. The number of carbonyl (C=O) groups excluding carboxylic acids is 1. The molecule has 0 aliphatic carbocycles. The lowest BCUT2D eigenvalue weighted by molar-refractivity contribution is -0.361. The van der Waals surface area contributed by atoms with Crippen molar-refractivity contribution in [1.29, 1.82) is 0 Å². The number of hydrogen-bond donors (Lipinski definition) is 2. The first-order valence-corrected chi connectivity index (χ1v) is 7.58. The average Bonchev–Trinajstić information content (AvgIpc) is 2.63. The van der Waals surface area contributed by atoms with Gasteiger partial charge in [-0.3, -0.25) is 10.1 Å². The predicted octanol–water partition coefficient (Wildman–Crippen LogP) is 3.50. The van der Waals surface area contributed by atoms with E-state index in [9.17, 15) is 9.18 Å². The van der Waals surface area contributed by atoms with Crippen LogP contribution in [-0.2, 0) is 6.54 Å². The van der Waals surface area contributed by atoms with Crippen LogP contribution in [-0.4, -0.2) is 5.91 Å². The van der Waals surface area contributed by atoms with Gasteiger partial charge in [0.2, 0.25) is 0 Å². The predicted molar refractivity (Wildman–Crippen MR) is 91.1 cm³/mol. The summed E-state index contributed by atoms with van der Waals surface area (Å²) < 4.78 is 12.9. The Kier molecular flexibility index (Phi) is 4.81. The number of pyridine rings is 1. The lowest BCUT2D eigenvalue weighted by Gasteiger charge is -2.07. The summed E-state index contributed by atoms with van der Waals surface area (Å²) in [6.07, 6.45) is 1.75. The molecule has 0 aliphatic rings. The summed E-state index contributed by atoms with van der Waals surface area (Å²) in [7, 11) is 0. The Morgan fingerprint density at radius 2 is 1.71 bits per heavy atom. The first kappa shape index (κ1) is 15.7. The van der Waals surface area contributed by atoms with Gasteiger partial charge in [-0.2, -0.15) is 0 Å². The molecule has 0 saturated carbocycles. The van der Waals surface area contributed by atoms with Gasteiger partial charge in [0.1, 0.15) is 17.9 Å². The van der Waals surface area contributed by atoms with Crippen LogP contribution < -0.4 is 15.6 Å². The lowest BCUT2D eigenvalue weighted by atomic mass is 10.2. The molecule has 0 bridgehead atoms. The first-order valence-electron chi connectivity index (χ1n) is 7.58. The van der Waals surface area contributed by atoms with E-state index >= 15 is 0 Å². The fraction of sp³-hybridized carbons (Fsp3) is 0.0526. The Hall–Kier alpha value is -3.21. The number of halogens is 1. The van der Waals surface area contributed by atoms with E-state index in [1.807, 2.05) is 30.3 Å². The van der Waals surface area contributed by atoms with Gasteiger partial charge < -0.3 is 5.32 Å². The van der Waals surface area contributed by atoms with E-state index < -0.39 is 0 Å². The van der Waals surface area contributed by atoms with Gasteiger partial charge in [-0.1, -0.05) is 30.3 Å². The molecule has 0 saturated heterocycles. The number of rotatable bonds is 5. The highest BCUT2D eigenvalue weighted by Gasteiger charge is 2.17. The monoisotopic (exact) mass is 322 g/mol. The van der Waals surface area contributed by atoms with Crippen molar-refractivity contribution >= 4 is 17.4 Å². The normalized spacial score (nSPS) is 10.2. The molecule has 2 aromatic carbocycles. The second-order valence-electron chi connectivity index (χ2n) is 5.26. The van der Waals surface area contributed by atoms with Crippen molar-refractivity contribution in [3.8, 4) is 0 Å². The number of H-pyrrole nitrogens is 1. The van der Waals surface area contributed by atoms with Crippen LogP contribution in [0.2, 0.25) is 0 Å². The highest BCUT2D eigenvalue weighted by Crippen LogP contribution is 2.14. The maximum Gasteiger partial charge on any atom is 0.285 e. The molecule has 120 valence electrons. The molecule has 1 aromatic heterocycles. The molecule has 3 aromatic rings. The summed E-state index contributed by atoms with van der Waals surface area (Å²) in [4.78, 5) is 15.5. The summed E-state index contributed by atoms with van der Waals surface area (Å²) in [6, 6.07) is 19.1. The number of benzene rings is 2. The molecule has 5 heteroatoms. The van der Waals surface area contributed by atoms with Crippen LogP contribution in [0.1, 0.15) is 15.9 Å². The highest BCUT2D eigenvalue weighted by atomic mass is 19.1. The molecule has 1 amide bonds. The summed E-state index contributed by atoms with van der Waals surface area (Å²) in [6.45, 7) is 0.595. The van der Waals surface area contributed by atoms with E-state index in [0.29, 0.717) is 23.6 Å². The van der Waals surface area contributed by atoms with Gasteiger partial charge in [0.25, 0.3) is 11.7 Å². The SMILES string of the molecule is O=C(Nc1ccc(F)cc1)c1ccc[nH+]c1NCc1ccccc1. The van der Waals surface area contributed by atoms with Crippen LogP contribution in [0.3, 0.4) is 0 Å². The molecule has 0 fully saturated rings. The third kappa shape index (κ3) is 3.95. The molecule has 0 radical (unpaired) electrons. The number of carbonyl (C=O) groups is 1. The maximum atomic E-state index is 12.9. The van der Waals surface area contributed by atoms with E-state index in [1.54, 1.807) is 18.3 Å². The van der Waals surface area contributed by atoms with E-state index in [1.165, 1.54) is 24.3 Å². The van der Waals surface area contributed by atoms with Gasteiger partial charge in [-0.25, -0.2) is 9.37 Å². The maximum absolute atomic E-state index is 12.9. The molecular formula is C19H17FN3O+. The Balaban J connectivity index is 1.73. The second kappa shape index (κ2) is 7.37. The van der Waals surface area contributed by atoms with Crippen molar-refractivity contribution in [3.63, 3.8) is 0 Å². The molecule has 0 spiro atoms. The van der Waals surface area contributed by atoms with Crippen LogP contribution in [0.4, 0.5) is 15.9 Å². The summed E-state index contributed by atoms with van der Waals surface area (Å²) in [5.74, 6) is 0.0150. The largest absolute Gasteiger partial charge is 0.322 e. The molecule has 1 heterocycles. The molecule has 3 N–H and O–H groups in total. The van der Waals surface area contributed by atoms with E-state index in [2.05, 4.69) is 15.6 Å². The summed E-state index contributed by atoms with van der Waals surface area (Å²) in [5, 5.41) is 5.99. The van der Waals surface area contributed by atoms with E-state index in [-0.39, 0.29) is 11.7 Å². The van der Waals surface area contributed by atoms with Crippen molar-refractivity contribution < 1.29 is 14.2 Å². The molecule has 0 atom stereocenters. The topological polar surface area (TPSA) is 55.3 Å². The van der Waals surface area contributed by atoms with Crippen molar-refractivity contribution in [2.24, 2.45) is 0 Å². The number of nitrogens with one attached hydrogen (secondary N) is 3. The molecule has 4 nitrogen and oxygen atoms in total. The number of amides is 1. The van der Waals surface area contributed by atoms with Gasteiger partial charge in [0.15, 0.2) is 0 Å². The van der Waals surface area contributed by atoms with Gasteiger partial charge in [-0.15, -0.1) is 0 Å². The highest BCUT2D eigenvalue weighted by molar-refractivity contribution is 6.06. The fourth-order valence-electron chi connectivity index (χ4n) is 2.29. The van der Waals surface area contributed by atoms with Crippen LogP contribution in [0.25, 0.3) is 0 Å². The molecule has 3 rings (SSSR count). The quantitative estimate of drug-likeness (QED) is 0.755. The number of aromatic nitrogens is 1. The van der Waals surface area contributed by atoms with Crippen LogP contribution in [0.15, 0.2) is 72.9 Å². The summed E-state index contributed by atoms with van der Waals surface area (Å²) in [5.41, 5.74) is 2.14. The Morgan fingerprint density at radius 3 is 2.46 bits per heavy atom. The van der Waals surface area contributed by atoms with Gasteiger partial charge in [0.05, 0.1) is 6.20 Å². The smallest absolute Gasteiger partial charge is 0.285 e. The van der Waals surface area contributed by atoms with Crippen molar-refractivity contribution in [2.75, 3.05) is 10.6 Å². The van der Waals surface area contributed by atoms with Crippen molar-refractivity contribution in [1.82, 2.24) is 0 Å². The third-order valence-corrected chi connectivity index (χ3v) is 3.51. The van der Waals surface area contributed by atoms with Gasteiger partial charge in [0, 0.05) is 5.69 Å². The minimum atomic E-state index is -0.341. The Labute approximate surface area is 139 Å². The van der Waals surface area contributed by atoms with Crippen molar-refractivity contribution in [3.05, 3.63) is 89.9 Å².